The highest BCUT2D eigenvalue weighted by atomic mass is 16.4. The molecule has 1 saturated heterocycles. The van der Waals surface area contributed by atoms with E-state index in [1.807, 2.05) is 4.90 Å². The molecule has 120 valence electrons. The van der Waals surface area contributed by atoms with Crippen molar-refractivity contribution in [3.63, 3.8) is 0 Å². The molecule has 0 radical (unpaired) electrons. The fourth-order valence-corrected chi connectivity index (χ4v) is 4.23. The van der Waals surface area contributed by atoms with Crippen molar-refractivity contribution in [2.75, 3.05) is 13.1 Å². The molecule has 0 bridgehead atoms. The van der Waals surface area contributed by atoms with E-state index in [4.69, 9.17) is 0 Å². The molecule has 1 amide bonds. The molecule has 1 aliphatic heterocycles. The van der Waals surface area contributed by atoms with Crippen LogP contribution in [0.1, 0.15) is 59.3 Å². The molecular formula is C17H29NO3. The summed E-state index contributed by atoms with van der Waals surface area (Å²) in [6, 6.07) is 0. The maximum Gasteiger partial charge on any atom is 0.307 e. The van der Waals surface area contributed by atoms with Gasteiger partial charge in [0.15, 0.2) is 0 Å². The Kier molecular flexibility index (Phi) is 4.95. The van der Waals surface area contributed by atoms with Crippen molar-refractivity contribution in [2.45, 2.75) is 59.3 Å². The summed E-state index contributed by atoms with van der Waals surface area (Å²) in [6.45, 7) is 8.13. The average Bonchev–Trinajstić information content (AvgIpc) is 2.89. The van der Waals surface area contributed by atoms with E-state index in [2.05, 4.69) is 20.8 Å². The zero-order chi connectivity index (χ0) is 15.6. The first-order valence-electron chi connectivity index (χ1n) is 8.44. The van der Waals surface area contributed by atoms with Gasteiger partial charge in [0.1, 0.15) is 0 Å². The van der Waals surface area contributed by atoms with E-state index >= 15 is 0 Å². The predicted molar refractivity (Wildman–Crippen MR) is 81.8 cm³/mol. The first kappa shape index (κ1) is 16.3. The fourth-order valence-electron chi connectivity index (χ4n) is 4.23. The van der Waals surface area contributed by atoms with Crippen LogP contribution < -0.4 is 0 Å². The van der Waals surface area contributed by atoms with Gasteiger partial charge in [-0.2, -0.15) is 0 Å². The first-order chi connectivity index (χ1) is 9.92. The van der Waals surface area contributed by atoms with Gasteiger partial charge in [-0.1, -0.05) is 33.6 Å². The Bertz CT molecular complexity index is 393. The molecule has 1 unspecified atom stereocenters. The number of nitrogens with zero attached hydrogens (tertiary/aromatic N) is 1. The third kappa shape index (κ3) is 3.24. The number of piperidine rings is 1. The molecule has 2 fully saturated rings. The highest BCUT2D eigenvalue weighted by Gasteiger charge is 2.44. The number of carboxylic acid groups (broad SMARTS) is 1. The van der Waals surface area contributed by atoms with Gasteiger partial charge in [-0.05, 0) is 37.0 Å². The molecule has 3 atom stereocenters. The van der Waals surface area contributed by atoms with Crippen molar-refractivity contribution in [3.05, 3.63) is 0 Å². The van der Waals surface area contributed by atoms with E-state index in [9.17, 15) is 14.7 Å². The first-order valence-corrected chi connectivity index (χ1v) is 8.44. The summed E-state index contributed by atoms with van der Waals surface area (Å²) >= 11 is 0. The van der Waals surface area contributed by atoms with E-state index in [-0.39, 0.29) is 11.8 Å². The van der Waals surface area contributed by atoms with E-state index < -0.39 is 11.9 Å². The van der Waals surface area contributed by atoms with Crippen LogP contribution in [0.25, 0.3) is 0 Å². The minimum absolute atomic E-state index is 0.0903. The number of hydrogen-bond acceptors (Lipinski definition) is 2. The van der Waals surface area contributed by atoms with Crippen LogP contribution in [0.15, 0.2) is 0 Å². The number of amides is 1. The van der Waals surface area contributed by atoms with Crippen LogP contribution in [0.4, 0.5) is 0 Å². The maximum atomic E-state index is 12.7. The van der Waals surface area contributed by atoms with E-state index in [0.29, 0.717) is 17.8 Å². The molecule has 1 heterocycles. The van der Waals surface area contributed by atoms with Gasteiger partial charge < -0.3 is 10.0 Å². The van der Waals surface area contributed by atoms with Crippen LogP contribution >= 0.6 is 0 Å². The number of rotatable bonds is 4. The molecule has 2 aliphatic rings. The largest absolute Gasteiger partial charge is 0.481 e. The summed E-state index contributed by atoms with van der Waals surface area (Å²) in [4.78, 5) is 26.0. The zero-order valence-electron chi connectivity index (χ0n) is 13.6. The van der Waals surface area contributed by atoms with E-state index in [1.54, 1.807) is 0 Å². The number of carbonyl (C=O) groups is 2. The lowest BCUT2D eigenvalue weighted by Crippen LogP contribution is -2.46. The summed E-state index contributed by atoms with van der Waals surface area (Å²) in [5.41, 5.74) is 0.395. The lowest BCUT2D eigenvalue weighted by molar-refractivity contribution is -0.150. The molecule has 2 rings (SSSR count). The Morgan fingerprint density at radius 2 is 1.62 bits per heavy atom. The SMILES string of the molecule is CCC1(CC)CCN(C(=O)[C@H]2CC(C)C[C@H]2C(=O)O)CC1. The van der Waals surface area contributed by atoms with Crippen molar-refractivity contribution in [3.8, 4) is 0 Å². The van der Waals surface area contributed by atoms with Gasteiger partial charge in [0.25, 0.3) is 0 Å². The third-order valence-electron chi connectivity index (χ3n) is 6.07. The van der Waals surface area contributed by atoms with Gasteiger partial charge in [0, 0.05) is 13.1 Å². The molecule has 0 aromatic heterocycles. The monoisotopic (exact) mass is 295 g/mol. The second-order valence-electron chi connectivity index (χ2n) is 7.16. The number of hydrogen-bond donors (Lipinski definition) is 1. The summed E-state index contributed by atoms with van der Waals surface area (Å²) < 4.78 is 0. The molecule has 0 aromatic rings. The lowest BCUT2D eigenvalue weighted by Gasteiger charge is -2.42. The van der Waals surface area contributed by atoms with Crippen LogP contribution in [0.5, 0.6) is 0 Å². The Labute approximate surface area is 127 Å². The van der Waals surface area contributed by atoms with E-state index in [0.717, 1.165) is 32.4 Å². The minimum atomic E-state index is -0.800. The number of carboxylic acids is 1. The summed E-state index contributed by atoms with van der Waals surface area (Å²) in [7, 11) is 0. The summed E-state index contributed by atoms with van der Waals surface area (Å²) in [5, 5.41) is 9.34. The van der Waals surface area contributed by atoms with Crippen LogP contribution in [0, 0.1) is 23.2 Å². The normalized spacial score (nSPS) is 32.1. The van der Waals surface area contributed by atoms with Gasteiger partial charge in [0.2, 0.25) is 5.91 Å². The maximum absolute atomic E-state index is 12.7. The number of carbonyl (C=O) groups excluding carboxylic acids is 1. The van der Waals surface area contributed by atoms with Gasteiger partial charge in [-0.3, -0.25) is 9.59 Å². The van der Waals surface area contributed by atoms with Crippen LogP contribution in [0.2, 0.25) is 0 Å². The number of likely N-dealkylation sites (tertiary alicyclic amines) is 1. The average molecular weight is 295 g/mol. The molecule has 1 N–H and O–H groups in total. The Balaban J connectivity index is 2.00. The van der Waals surface area contributed by atoms with E-state index in [1.165, 1.54) is 12.8 Å². The van der Waals surface area contributed by atoms with Gasteiger partial charge >= 0.3 is 5.97 Å². The topological polar surface area (TPSA) is 57.6 Å². The van der Waals surface area contributed by atoms with Gasteiger partial charge in [-0.15, -0.1) is 0 Å². The summed E-state index contributed by atoms with van der Waals surface area (Å²) in [6.07, 6.45) is 5.84. The zero-order valence-corrected chi connectivity index (χ0v) is 13.6. The second kappa shape index (κ2) is 6.37. The Morgan fingerprint density at radius 1 is 1.10 bits per heavy atom. The van der Waals surface area contributed by atoms with Crippen LogP contribution in [-0.4, -0.2) is 35.0 Å². The van der Waals surface area contributed by atoms with Crippen molar-refractivity contribution in [1.82, 2.24) is 4.90 Å². The van der Waals surface area contributed by atoms with Crippen molar-refractivity contribution in [1.29, 1.82) is 0 Å². The van der Waals surface area contributed by atoms with Crippen LogP contribution in [-0.2, 0) is 9.59 Å². The molecule has 21 heavy (non-hydrogen) atoms. The highest BCUT2D eigenvalue weighted by molar-refractivity contribution is 5.85. The Hall–Kier alpha value is -1.06. The molecule has 0 spiro atoms. The minimum Gasteiger partial charge on any atom is -0.481 e. The standard InChI is InChI=1S/C17H29NO3/c1-4-17(5-2)6-8-18(9-7-17)15(19)13-10-12(3)11-14(13)16(20)21/h12-14H,4-11H2,1-3H3,(H,20,21)/t12?,13-,14+/m0/s1. The molecule has 4 nitrogen and oxygen atoms in total. The van der Waals surface area contributed by atoms with Crippen LogP contribution in [0.3, 0.4) is 0 Å². The molecule has 1 saturated carbocycles. The summed E-state index contributed by atoms with van der Waals surface area (Å²) in [5.74, 6) is -1.14. The fraction of sp³-hybridized carbons (Fsp3) is 0.882. The molecule has 4 heteroatoms. The number of aliphatic carboxylic acids is 1. The predicted octanol–water partition coefficient (Wildman–Crippen LogP) is 3.16. The Morgan fingerprint density at radius 3 is 2.10 bits per heavy atom. The molecule has 1 aliphatic carbocycles. The second-order valence-corrected chi connectivity index (χ2v) is 7.16. The van der Waals surface area contributed by atoms with Crippen molar-refractivity contribution in [2.24, 2.45) is 23.2 Å². The van der Waals surface area contributed by atoms with Crippen molar-refractivity contribution >= 4 is 11.9 Å². The quantitative estimate of drug-likeness (QED) is 0.866. The molecular weight excluding hydrogens is 266 g/mol. The molecule has 0 aromatic carbocycles. The van der Waals surface area contributed by atoms with Gasteiger partial charge in [-0.25, -0.2) is 0 Å². The van der Waals surface area contributed by atoms with Gasteiger partial charge in [0.05, 0.1) is 11.8 Å². The highest BCUT2D eigenvalue weighted by Crippen LogP contribution is 2.41. The lowest BCUT2D eigenvalue weighted by atomic mass is 9.74. The van der Waals surface area contributed by atoms with Crippen molar-refractivity contribution < 1.29 is 14.7 Å². The third-order valence-corrected chi connectivity index (χ3v) is 6.07. The smallest absolute Gasteiger partial charge is 0.307 e.